The summed E-state index contributed by atoms with van der Waals surface area (Å²) >= 11 is 0. The normalized spacial score (nSPS) is 18.9. The van der Waals surface area contributed by atoms with Gasteiger partial charge in [-0.05, 0) is 43.9 Å². The Hall–Kier alpha value is -3.18. The van der Waals surface area contributed by atoms with Crippen molar-refractivity contribution in [2.45, 2.75) is 37.8 Å². The van der Waals surface area contributed by atoms with Crippen LogP contribution in [-0.4, -0.2) is 48.1 Å². The number of rotatable bonds is 6. The van der Waals surface area contributed by atoms with Crippen molar-refractivity contribution in [3.8, 4) is 5.75 Å². The van der Waals surface area contributed by atoms with Crippen LogP contribution in [0.3, 0.4) is 0 Å². The van der Waals surface area contributed by atoms with Gasteiger partial charge in [-0.25, -0.2) is 0 Å². The van der Waals surface area contributed by atoms with Gasteiger partial charge in [0.2, 0.25) is 0 Å². The molecule has 1 aromatic carbocycles. The third-order valence-corrected chi connectivity index (χ3v) is 6.41. The van der Waals surface area contributed by atoms with Gasteiger partial charge in [-0.15, -0.1) is 0 Å². The smallest absolute Gasteiger partial charge is 0.274 e. The molecule has 0 bridgehead atoms. The minimum Gasteiger partial charge on any atom is -0.496 e. The number of amides is 1. The number of aromatic nitrogens is 3. The number of hydrogen-bond acceptors (Lipinski definition) is 7. The summed E-state index contributed by atoms with van der Waals surface area (Å²) in [5.41, 5.74) is 0.833. The van der Waals surface area contributed by atoms with E-state index in [1.54, 1.807) is 37.5 Å². The first-order valence-electron chi connectivity index (χ1n) is 10.6. The van der Waals surface area contributed by atoms with Gasteiger partial charge in [-0.1, -0.05) is 0 Å². The zero-order chi connectivity index (χ0) is 23.8. The van der Waals surface area contributed by atoms with Crippen molar-refractivity contribution in [1.29, 1.82) is 0 Å². The van der Waals surface area contributed by atoms with Crippen LogP contribution in [0.15, 0.2) is 41.5 Å². The molecule has 10 nitrogen and oxygen atoms in total. The van der Waals surface area contributed by atoms with E-state index in [1.807, 2.05) is 10.9 Å². The number of carbonyl (C=O) groups is 1. The topological polar surface area (TPSA) is 122 Å². The van der Waals surface area contributed by atoms with Crippen LogP contribution in [0, 0.1) is 0 Å². The number of aryl methyl sites for hydroxylation is 1. The number of pyridine rings is 1. The lowest BCUT2D eigenvalue weighted by Gasteiger charge is -2.27. The number of anilines is 1. The molecule has 0 saturated heterocycles. The molecule has 1 aliphatic rings. The standard InChI is InChI=1S/C22H26N4O6S/c1-25-10-4-5-18(22(25)28)23-21(27)17-11-14-13-26(24-19(14)12-20(17)31-2)15-6-8-16(9-7-15)32-33(3,29)30/h4-5,10-13,15-16H,6-9H2,1-3H3,(H,23,27)/t15-,16+. The summed E-state index contributed by atoms with van der Waals surface area (Å²) in [5.74, 6) is -0.105. The predicted molar refractivity (Wildman–Crippen MR) is 123 cm³/mol. The number of hydrogen-bond donors (Lipinski definition) is 1. The van der Waals surface area contributed by atoms with E-state index >= 15 is 0 Å². The van der Waals surface area contributed by atoms with Gasteiger partial charge >= 0.3 is 0 Å². The zero-order valence-electron chi connectivity index (χ0n) is 18.6. The van der Waals surface area contributed by atoms with Crippen LogP contribution in [0.5, 0.6) is 5.75 Å². The van der Waals surface area contributed by atoms with E-state index in [-0.39, 0.29) is 23.4 Å². The first-order valence-corrected chi connectivity index (χ1v) is 12.4. The van der Waals surface area contributed by atoms with E-state index in [1.165, 1.54) is 11.7 Å². The molecule has 0 aliphatic heterocycles. The molecule has 176 valence electrons. The monoisotopic (exact) mass is 474 g/mol. The lowest BCUT2D eigenvalue weighted by Crippen LogP contribution is -2.25. The average molecular weight is 475 g/mol. The second-order valence-corrected chi connectivity index (χ2v) is 9.84. The van der Waals surface area contributed by atoms with Crippen LogP contribution in [0.1, 0.15) is 42.1 Å². The Bertz CT molecular complexity index is 1350. The van der Waals surface area contributed by atoms with E-state index in [0.717, 1.165) is 24.5 Å². The Morgan fingerprint density at radius 2 is 1.94 bits per heavy atom. The molecule has 2 aromatic heterocycles. The minimum atomic E-state index is -3.47. The number of ether oxygens (including phenoxy) is 1. The summed E-state index contributed by atoms with van der Waals surface area (Å²) in [5, 5.41) is 8.07. The Balaban J connectivity index is 1.56. The molecule has 0 radical (unpaired) electrons. The highest BCUT2D eigenvalue weighted by Gasteiger charge is 2.26. The zero-order valence-corrected chi connectivity index (χ0v) is 19.5. The molecule has 0 atom stereocenters. The molecule has 11 heteroatoms. The molecule has 1 amide bonds. The lowest BCUT2D eigenvalue weighted by atomic mass is 9.93. The molecular formula is C22H26N4O6S. The van der Waals surface area contributed by atoms with Gasteiger partial charge in [0.15, 0.2) is 0 Å². The SMILES string of the molecule is COc1cc2nn([C@H]3CC[C@@H](OS(C)(=O)=O)CC3)cc2cc1C(=O)Nc1cccn(C)c1=O. The van der Waals surface area contributed by atoms with Gasteiger partial charge in [-0.2, -0.15) is 13.5 Å². The van der Waals surface area contributed by atoms with Crippen molar-refractivity contribution in [1.82, 2.24) is 14.3 Å². The third kappa shape index (κ3) is 5.09. The van der Waals surface area contributed by atoms with Crippen LogP contribution in [0.25, 0.3) is 10.9 Å². The molecule has 1 saturated carbocycles. The minimum absolute atomic E-state index is 0.104. The van der Waals surface area contributed by atoms with Gasteiger partial charge in [0, 0.05) is 30.9 Å². The Morgan fingerprint density at radius 1 is 1.21 bits per heavy atom. The highest BCUT2D eigenvalue weighted by Crippen LogP contribution is 2.33. The van der Waals surface area contributed by atoms with Crippen LogP contribution in [0.4, 0.5) is 5.69 Å². The van der Waals surface area contributed by atoms with Crippen LogP contribution >= 0.6 is 0 Å². The van der Waals surface area contributed by atoms with E-state index in [2.05, 4.69) is 10.4 Å². The maximum atomic E-state index is 12.9. The largest absolute Gasteiger partial charge is 0.496 e. The van der Waals surface area contributed by atoms with Gasteiger partial charge < -0.3 is 14.6 Å². The lowest BCUT2D eigenvalue weighted by molar-refractivity contribution is 0.102. The number of methoxy groups -OCH3 is 1. The maximum absolute atomic E-state index is 12.9. The van der Waals surface area contributed by atoms with Crippen molar-refractivity contribution in [2.75, 3.05) is 18.7 Å². The summed E-state index contributed by atoms with van der Waals surface area (Å²) in [6, 6.07) is 6.72. The summed E-state index contributed by atoms with van der Waals surface area (Å²) in [4.78, 5) is 25.2. The predicted octanol–water partition coefficient (Wildman–Crippen LogP) is 2.46. The van der Waals surface area contributed by atoms with Crippen molar-refractivity contribution >= 4 is 32.6 Å². The molecule has 1 aliphatic carbocycles. The number of carbonyl (C=O) groups excluding carboxylic acids is 1. The van der Waals surface area contributed by atoms with Gasteiger partial charge in [-0.3, -0.25) is 18.5 Å². The fourth-order valence-electron chi connectivity index (χ4n) is 4.14. The summed E-state index contributed by atoms with van der Waals surface area (Å²) in [6.45, 7) is 0. The van der Waals surface area contributed by atoms with Gasteiger partial charge in [0.1, 0.15) is 11.4 Å². The van der Waals surface area contributed by atoms with Crippen LogP contribution < -0.4 is 15.6 Å². The van der Waals surface area contributed by atoms with Crippen molar-refractivity contribution in [3.63, 3.8) is 0 Å². The number of nitrogens with one attached hydrogen (secondary N) is 1. The number of nitrogens with zero attached hydrogens (tertiary/aromatic N) is 3. The van der Waals surface area contributed by atoms with E-state index < -0.39 is 16.0 Å². The Labute approximate surface area is 191 Å². The summed E-state index contributed by atoms with van der Waals surface area (Å²) in [6.07, 6.45) is 6.95. The van der Waals surface area contributed by atoms with Crippen molar-refractivity contribution in [3.05, 3.63) is 52.6 Å². The van der Waals surface area contributed by atoms with Crippen LogP contribution in [0.2, 0.25) is 0 Å². The van der Waals surface area contributed by atoms with Gasteiger partial charge in [0.05, 0.1) is 36.6 Å². The highest BCUT2D eigenvalue weighted by molar-refractivity contribution is 7.86. The van der Waals surface area contributed by atoms with Crippen molar-refractivity contribution < 1.29 is 22.1 Å². The second-order valence-electron chi connectivity index (χ2n) is 8.24. The average Bonchev–Trinajstić information content (AvgIpc) is 3.18. The van der Waals surface area contributed by atoms with Crippen molar-refractivity contribution in [2.24, 2.45) is 7.05 Å². The molecule has 0 spiro atoms. The fourth-order valence-corrected chi connectivity index (χ4v) is 4.83. The van der Waals surface area contributed by atoms with E-state index in [9.17, 15) is 18.0 Å². The third-order valence-electron chi connectivity index (χ3n) is 5.79. The molecule has 1 N–H and O–H groups in total. The van der Waals surface area contributed by atoms with Crippen LogP contribution in [-0.2, 0) is 21.3 Å². The molecule has 33 heavy (non-hydrogen) atoms. The maximum Gasteiger partial charge on any atom is 0.274 e. The molecule has 4 rings (SSSR count). The highest BCUT2D eigenvalue weighted by atomic mass is 32.2. The number of fused-ring (bicyclic) bond motifs is 1. The van der Waals surface area contributed by atoms with Gasteiger partial charge in [0.25, 0.3) is 21.6 Å². The summed E-state index contributed by atoms with van der Waals surface area (Å²) in [7, 11) is -0.387. The fraction of sp³-hybridized carbons (Fsp3) is 0.409. The first-order chi connectivity index (χ1) is 15.6. The molecule has 2 heterocycles. The molecule has 1 fully saturated rings. The number of benzene rings is 1. The van der Waals surface area contributed by atoms with E-state index in [0.29, 0.717) is 29.7 Å². The molecule has 0 unspecified atom stereocenters. The Morgan fingerprint density at radius 3 is 2.61 bits per heavy atom. The molecular weight excluding hydrogens is 448 g/mol. The van der Waals surface area contributed by atoms with E-state index in [4.69, 9.17) is 8.92 Å². The quantitative estimate of drug-likeness (QED) is 0.545. The first kappa shape index (κ1) is 23.0. The summed E-state index contributed by atoms with van der Waals surface area (Å²) < 4.78 is 36.5. The second kappa shape index (κ2) is 8.99. The Kier molecular flexibility index (Phi) is 6.26. The molecule has 3 aromatic rings.